The van der Waals surface area contributed by atoms with E-state index in [0.29, 0.717) is 11.1 Å². The van der Waals surface area contributed by atoms with Crippen molar-refractivity contribution >= 4 is 57.0 Å². The van der Waals surface area contributed by atoms with Gasteiger partial charge in [-0.3, -0.25) is 0 Å². The first-order valence-corrected chi connectivity index (χ1v) is 27.9. The summed E-state index contributed by atoms with van der Waals surface area (Å²) in [6, 6.07) is 77.5. The molecule has 0 spiro atoms. The molecule has 2 aliphatic rings. The second kappa shape index (κ2) is 23.9. The first-order chi connectivity index (χ1) is 40.9. The predicted molar refractivity (Wildman–Crippen MR) is 331 cm³/mol. The maximum Gasteiger partial charge on any atom is 0.338 e. The Morgan fingerprint density at radius 3 is 1.08 bits per heavy atom. The molecule has 2 N–H and O–H groups in total. The largest absolute Gasteiger partial charge is 0.465 e. The van der Waals surface area contributed by atoms with E-state index in [-0.39, 0.29) is 23.8 Å². The predicted octanol–water partition coefficient (Wildman–Crippen LogP) is 17.6. The van der Waals surface area contributed by atoms with Gasteiger partial charge in [-0.15, -0.1) is 0 Å². The fourth-order valence-corrected chi connectivity index (χ4v) is 11.7. The molecule has 9 heteroatoms. The lowest BCUT2D eigenvalue weighted by Crippen LogP contribution is -2.07. The standard InChI is InChI=1S/2C35H25NO3.C4H10O/c2*1-38-35(37)25-18-11-19-28-32(25)33-31(24-16-9-4-10-17-24)27-21-29(23-14-7-3-8-15-23)39-30(27)20-26(34(33)36-28)22-12-5-2-6-13-22;1-3-5-4-2/h2*2-21,31,36H,1H3;3-4H2,1-2H3/t2*31-;/m00./s1. The molecule has 2 atom stereocenters. The number of ether oxygens (including phenoxy) is 3. The minimum atomic E-state index is -0.360. The zero-order chi connectivity index (χ0) is 56.8. The topological polar surface area (TPSA) is 120 Å². The van der Waals surface area contributed by atoms with Gasteiger partial charge in [0, 0.05) is 80.3 Å². The molecular weight excluding hydrogens is 1030 g/mol. The van der Waals surface area contributed by atoms with Crippen molar-refractivity contribution in [1.29, 1.82) is 0 Å². The third-order valence-corrected chi connectivity index (χ3v) is 15.4. The van der Waals surface area contributed by atoms with E-state index in [4.69, 9.17) is 23.0 Å². The van der Waals surface area contributed by atoms with E-state index in [1.807, 2.05) is 135 Å². The lowest BCUT2D eigenvalue weighted by molar-refractivity contribution is 0.0594. The van der Waals surface area contributed by atoms with Gasteiger partial charge < -0.3 is 33.0 Å². The van der Waals surface area contributed by atoms with Gasteiger partial charge in [0.25, 0.3) is 0 Å². The average Bonchev–Trinajstić information content (AvgIpc) is 4.51. The third kappa shape index (κ3) is 10.3. The number of fused-ring (bicyclic) bond motifs is 8. The van der Waals surface area contributed by atoms with Gasteiger partial charge in [-0.1, -0.05) is 194 Å². The molecule has 0 bridgehead atoms. The highest BCUT2D eigenvalue weighted by molar-refractivity contribution is 6.11. The van der Waals surface area contributed by atoms with Crippen molar-refractivity contribution in [3.05, 3.63) is 309 Å². The number of aromatic amines is 2. The molecule has 0 aliphatic heterocycles. The second-order valence-corrected chi connectivity index (χ2v) is 20.2. The molecular formula is C74H60N2O7. The van der Waals surface area contributed by atoms with Gasteiger partial charge in [0.2, 0.25) is 0 Å². The van der Waals surface area contributed by atoms with Gasteiger partial charge in [0.05, 0.1) is 36.7 Å². The number of methoxy groups -OCH3 is 2. The number of aromatic nitrogens is 2. The van der Waals surface area contributed by atoms with Crippen LogP contribution in [0.25, 0.3) is 67.8 Å². The lowest BCUT2D eigenvalue weighted by Gasteiger charge is -2.19. The van der Waals surface area contributed by atoms with Crippen LogP contribution in [0, 0.1) is 0 Å². The molecule has 83 heavy (non-hydrogen) atoms. The van der Waals surface area contributed by atoms with Gasteiger partial charge in [0.15, 0.2) is 0 Å². The van der Waals surface area contributed by atoms with E-state index < -0.39 is 0 Å². The van der Waals surface area contributed by atoms with Crippen LogP contribution in [0.5, 0.6) is 0 Å². The van der Waals surface area contributed by atoms with Crippen molar-refractivity contribution < 1.29 is 32.6 Å². The van der Waals surface area contributed by atoms with Crippen molar-refractivity contribution in [2.45, 2.75) is 25.7 Å². The van der Waals surface area contributed by atoms with Crippen LogP contribution in [-0.4, -0.2) is 49.3 Å². The molecule has 0 radical (unpaired) electrons. The van der Waals surface area contributed by atoms with Crippen molar-refractivity contribution in [3.63, 3.8) is 0 Å². The van der Waals surface area contributed by atoms with Crippen LogP contribution in [0.3, 0.4) is 0 Å². The number of hydrogen-bond acceptors (Lipinski definition) is 7. The molecule has 2 aliphatic carbocycles. The Morgan fingerprint density at radius 2 is 0.759 bits per heavy atom. The Balaban J connectivity index is 0.000000152. The number of carbonyl (C=O) groups excluding carboxylic acids is 2. The van der Waals surface area contributed by atoms with Crippen LogP contribution in [0.1, 0.15) is 114 Å². The number of nitrogens with one attached hydrogen (secondary N) is 2. The van der Waals surface area contributed by atoms with E-state index in [9.17, 15) is 9.59 Å². The summed E-state index contributed by atoms with van der Waals surface area (Å²) in [5.74, 6) is 2.12. The molecule has 14 rings (SSSR count). The molecule has 12 aromatic rings. The molecule has 0 fully saturated rings. The summed E-state index contributed by atoms with van der Waals surface area (Å²) in [7, 11) is 2.85. The Hall–Kier alpha value is -10.2. The Bertz CT molecular complexity index is 4030. The van der Waals surface area contributed by atoms with Gasteiger partial charge >= 0.3 is 11.9 Å². The van der Waals surface area contributed by atoms with E-state index in [0.717, 1.165) is 136 Å². The second-order valence-electron chi connectivity index (χ2n) is 20.2. The van der Waals surface area contributed by atoms with E-state index in [1.54, 1.807) is 0 Å². The van der Waals surface area contributed by atoms with Crippen molar-refractivity contribution in [2.75, 3.05) is 27.4 Å². The van der Waals surface area contributed by atoms with Crippen molar-refractivity contribution in [3.8, 4) is 22.6 Å². The van der Waals surface area contributed by atoms with Crippen molar-refractivity contribution in [2.24, 2.45) is 0 Å². The summed E-state index contributed by atoms with van der Waals surface area (Å²) in [5, 5.41) is 1.73. The number of H-pyrrole nitrogens is 2. The van der Waals surface area contributed by atoms with Crippen LogP contribution < -0.4 is 0 Å². The zero-order valence-corrected chi connectivity index (χ0v) is 46.5. The van der Waals surface area contributed by atoms with Gasteiger partial charge in [-0.25, -0.2) is 9.59 Å². The van der Waals surface area contributed by atoms with Crippen LogP contribution in [-0.2, 0) is 14.2 Å². The molecule has 0 saturated carbocycles. The number of esters is 2. The number of carbonyl (C=O) groups is 2. The first kappa shape index (κ1) is 53.4. The van der Waals surface area contributed by atoms with Gasteiger partial charge in [0.1, 0.15) is 23.0 Å². The molecule has 0 saturated heterocycles. The Kier molecular flexibility index (Phi) is 15.4. The molecule has 408 valence electrons. The fourth-order valence-electron chi connectivity index (χ4n) is 11.7. The van der Waals surface area contributed by atoms with Crippen LogP contribution in [0.4, 0.5) is 0 Å². The summed E-state index contributed by atoms with van der Waals surface area (Å²) in [4.78, 5) is 33.5. The Morgan fingerprint density at radius 1 is 0.422 bits per heavy atom. The van der Waals surface area contributed by atoms with E-state index in [1.165, 1.54) is 14.2 Å². The quantitative estimate of drug-likeness (QED) is 0.131. The van der Waals surface area contributed by atoms with Crippen LogP contribution >= 0.6 is 0 Å². The highest BCUT2D eigenvalue weighted by Gasteiger charge is 2.36. The smallest absolute Gasteiger partial charge is 0.338 e. The summed E-state index contributed by atoms with van der Waals surface area (Å²) < 4.78 is 28.5. The minimum absolute atomic E-state index is 0.186. The van der Waals surface area contributed by atoms with Crippen LogP contribution in [0.2, 0.25) is 0 Å². The van der Waals surface area contributed by atoms with Crippen molar-refractivity contribution in [1.82, 2.24) is 9.97 Å². The zero-order valence-electron chi connectivity index (χ0n) is 46.5. The highest BCUT2D eigenvalue weighted by Crippen LogP contribution is 2.51. The maximum absolute atomic E-state index is 13.1. The highest BCUT2D eigenvalue weighted by atomic mass is 16.5. The number of rotatable bonds is 10. The number of benzene rings is 8. The summed E-state index contributed by atoms with van der Waals surface area (Å²) in [6.45, 7) is 5.67. The molecule has 0 unspecified atom stereocenters. The number of furan rings is 2. The maximum atomic E-state index is 13.1. The van der Waals surface area contributed by atoms with Gasteiger partial charge in [-0.05, 0) is 95.8 Å². The average molecular weight is 1090 g/mol. The molecule has 4 heterocycles. The third-order valence-electron chi connectivity index (χ3n) is 15.4. The van der Waals surface area contributed by atoms with E-state index in [2.05, 4.69) is 131 Å². The number of hydrogen-bond donors (Lipinski definition) is 2. The molecule has 8 aromatic carbocycles. The van der Waals surface area contributed by atoms with Gasteiger partial charge in [-0.2, -0.15) is 0 Å². The monoisotopic (exact) mass is 1090 g/mol. The minimum Gasteiger partial charge on any atom is -0.465 e. The lowest BCUT2D eigenvalue weighted by atomic mass is 9.82. The van der Waals surface area contributed by atoms with E-state index >= 15 is 0 Å². The fraction of sp³-hybridized carbons (Fsp3) is 0.108. The molecule has 0 amide bonds. The molecule has 4 aromatic heterocycles. The summed E-state index contributed by atoms with van der Waals surface area (Å²) in [5.41, 5.74) is 17.3. The van der Waals surface area contributed by atoms with Crippen LogP contribution in [0.15, 0.2) is 239 Å². The normalized spacial score (nSPS) is 13.9. The SMILES string of the molecule is CCOCC.COC(=O)c1cccc2[nH]c3c(c12)[C@@H](c1ccccc1)c1cc(-c2ccccc2)oc1C=C3c1ccccc1.COC(=O)c1cccc2[nH]c3c(c12)[C@@H](c1ccccc1)c1cc(-c2ccccc2)oc1C=C3c1ccccc1. The summed E-state index contributed by atoms with van der Waals surface area (Å²) >= 11 is 0. The molecule has 9 nitrogen and oxygen atoms in total. The first-order valence-electron chi connectivity index (χ1n) is 27.9. The Labute approximate surface area is 482 Å². The summed E-state index contributed by atoms with van der Waals surface area (Å²) in [6.07, 6.45) is 4.26.